The molecule has 0 aromatic carbocycles. The summed E-state index contributed by atoms with van der Waals surface area (Å²) in [6.45, 7) is 0. The second-order valence-corrected chi connectivity index (χ2v) is 2.06. The Bertz CT molecular complexity index is 28.1. The summed E-state index contributed by atoms with van der Waals surface area (Å²) in [5, 5.41) is 1.76. The Kier molecular flexibility index (Phi) is 5.61. The normalized spacial score (nSPS) is 7.40. The average molecular weight is 200 g/mol. The van der Waals surface area contributed by atoms with E-state index in [9.17, 15) is 0 Å². The smallest absolute Gasteiger partial charge is 0.00381 e. The van der Waals surface area contributed by atoms with Crippen LogP contribution in [0.5, 0.6) is 0 Å². The molecule has 0 radical (unpaired) electrons. The monoisotopic (exact) mass is 200 g/mol. The number of rotatable bonds is 2. The van der Waals surface area contributed by atoms with Gasteiger partial charge < -0.3 is 0 Å². The van der Waals surface area contributed by atoms with Crippen molar-refractivity contribution < 1.29 is 0 Å². The van der Waals surface area contributed by atoms with Crippen molar-refractivity contribution in [1.82, 2.24) is 0 Å². The number of hydrogen-bond acceptors (Lipinski definition) is 1. The van der Waals surface area contributed by atoms with Gasteiger partial charge in [-0.3, -0.25) is 0 Å². The minimum Gasteiger partial charge on any atom is -0.0935 e. The molecule has 0 spiro atoms. The van der Waals surface area contributed by atoms with E-state index >= 15 is 0 Å². The van der Waals surface area contributed by atoms with Gasteiger partial charge in [0, 0.05) is 4.43 Å². The SMILES string of the molecule is S=CCCI. The molecule has 0 aromatic rings. The van der Waals surface area contributed by atoms with E-state index in [0.29, 0.717) is 0 Å². The van der Waals surface area contributed by atoms with E-state index < -0.39 is 0 Å². The average Bonchev–Trinajstić information content (AvgIpc) is 1.41. The van der Waals surface area contributed by atoms with E-state index in [1.54, 1.807) is 5.37 Å². The summed E-state index contributed by atoms with van der Waals surface area (Å²) >= 11 is 6.81. The van der Waals surface area contributed by atoms with Crippen LogP contribution in [0.4, 0.5) is 0 Å². The molecule has 0 unspecified atom stereocenters. The molecule has 0 atom stereocenters. The highest BCUT2D eigenvalue weighted by Crippen LogP contribution is 1.81. The fourth-order valence-corrected chi connectivity index (χ4v) is 0.896. The lowest BCUT2D eigenvalue weighted by molar-refractivity contribution is 1.42. The minimum atomic E-state index is 1.07. The first-order valence-electron chi connectivity index (χ1n) is 1.41. The molecule has 2 heteroatoms. The molecule has 0 fully saturated rings. The highest BCUT2D eigenvalue weighted by molar-refractivity contribution is 14.1. The molecule has 0 aliphatic heterocycles. The van der Waals surface area contributed by atoms with Gasteiger partial charge in [-0.25, -0.2) is 0 Å². The first-order chi connectivity index (χ1) is 2.41. The standard InChI is InChI=1S/C3H5IS/c4-2-1-3-5/h3H,1-2H2. The molecule has 0 nitrogen and oxygen atoms in total. The Morgan fingerprint density at radius 2 is 2.40 bits per heavy atom. The molecular weight excluding hydrogens is 195 g/mol. The van der Waals surface area contributed by atoms with Crippen molar-refractivity contribution in [2.75, 3.05) is 4.43 Å². The van der Waals surface area contributed by atoms with Gasteiger partial charge in [0.2, 0.25) is 0 Å². The molecular formula is C3H5IS. The van der Waals surface area contributed by atoms with Crippen LogP contribution in [-0.4, -0.2) is 9.80 Å². The molecule has 30 valence electrons. The van der Waals surface area contributed by atoms with E-state index in [2.05, 4.69) is 34.8 Å². The van der Waals surface area contributed by atoms with Crippen molar-refractivity contribution in [3.63, 3.8) is 0 Å². The highest BCUT2D eigenvalue weighted by atomic mass is 127. The molecule has 0 rings (SSSR count). The van der Waals surface area contributed by atoms with Gasteiger partial charge in [-0.2, -0.15) is 0 Å². The van der Waals surface area contributed by atoms with Crippen LogP contribution in [0.2, 0.25) is 0 Å². The van der Waals surface area contributed by atoms with Crippen LogP contribution in [0.1, 0.15) is 6.42 Å². The van der Waals surface area contributed by atoms with E-state index in [-0.39, 0.29) is 0 Å². The van der Waals surface area contributed by atoms with Crippen LogP contribution in [-0.2, 0) is 0 Å². The molecule has 0 heterocycles. The zero-order chi connectivity index (χ0) is 4.12. The molecule has 0 aliphatic rings. The molecule has 0 aromatic heterocycles. The molecule has 0 amide bonds. The van der Waals surface area contributed by atoms with Gasteiger partial charge in [0.05, 0.1) is 0 Å². The van der Waals surface area contributed by atoms with Gasteiger partial charge in [0.15, 0.2) is 0 Å². The van der Waals surface area contributed by atoms with Crippen molar-refractivity contribution in [1.29, 1.82) is 0 Å². The van der Waals surface area contributed by atoms with E-state index in [1.165, 1.54) is 0 Å². The maximum atomic E-state index is 4.52. The number of thiocarbonyl (C=S) groups is 1. The van der Waals surface area contributed by atoms with Crippen molar-refractivity contribution in [2.45, 2.75) is 6.42 Å². The van der Waals surface area contributed by atoms with E-state index in [4.69, 9.17) is 0 Å². The van der Waals surface area contributed by atoms with Gasteiger partial charge in [0.25, 0.3) is 0 Å². The summed E-state index contributed by atoms with van der Waals surface area (Å²) < 4.78 is 1.15. The van der Waals surface area contributed by atoms with Crippen molar-refractivity contribution in [2.24, 2.45) is 0 Å². The first-order valence-corrected chi connectivity index (χ1v) is 3.41. The van der Waals surface area contributed by atoms with Crippen molar-refractivity contribution in [3.8, 4) is 0 Å². The van der Waals surface area contributed by atoms with E-state index in [0.717, 1.165) is 10.8 Å². The van der Waals surface area contributed by atoms with Gasteiger partial charge in [-0.1, -0.05) is 34.8 Å². The quantitative estimate of drug-likeness (QED) is 0.372. The largest absolute Gasteiger partial charge is 0.0935 e. The van der Waals surface area contributed by atoms with Gasteiger partial charge >= 0.3 is 0 Å². The van der Waals surface area contributed by atoms with E-state index in [1.807, 2.05) is 0 Å². The summed E-state index contributed by atoms with van der Waals surface area (Å²) in [6.07, 6.45) is 1.07. The Hall–Kier alpha value is 0.820. The summed E-state index contributed by atoms with van der Waals surface area (Å²) in [5.74, 6) is 0. The predicted octanol–water partition coefficient (Wildman–Crippen LogP) is 1.81. The fourth-order valence-electron chi connectivity index (χ4n) is 0.0445. The third-order valence-corrected chi connectivity index (χ3v) is 1.09. The topological polar surface area (TPSA) is 0 Å². The van der Waals surface area contributed by atoms with Crippen LogP contribution < -0.4 is 0 Å². The molecule has 0 bridgehead atoms. The Balaban J connectivity index is 2.40. The lowest BCUT2D eigenvalue weighted by Crippen LogP contribution is -1.66. The lowest BCUT2D eigenvalue weighted by Gasteiger charge is -1.69. The molecule has 0 saturated heterocycles. The summed E-state index contributed by atoms with van der Waals surface area (Å²) in [6, 6.07) is 0. The third kappa shape index (κ3) is 4.82. The zero-order valence-electron chi connectivity index (χ0n) is 2.78. The van der Waals surface area contributed by atoms with Crippen LogP contribution >= 0.6 is 34.8 Å². The molecule has 0 saturated carbocycles. The Labute approximate surface area is 51.1 Å². The van der Waals surface area contributed by atoms with Crippen molar-refractivity contribution in [3.05, 3.63) is 0 Å². The van der Waals surface area contributed by atoms with Gasteiger partial charge in [0.1, 0.15) is 0 Å². The Morgan fingerprint density at radius 1 is 1.80 bits per heavy atom. The minimum absolute atomic E-state index is 1.07. The molecule has 0 aliphatic carbocycles. The van der Waals surface area contributed by atoms with Crippen LogP contribution in [0.25, 0.3) is 0 Å². The first kappa shape index (κ1) is 5.82. The lowest BCUT2D eigenvalue weighted by atomic mass is 10.6. The molecule has 0 N–H and O–H groups in total. The van der Waals surface area contributed by atoms with Crippen LogP contribution in [0.3, 0.4) is 0 Å². The van der Waals surface area contributed by atoms with Gasteiger partial charge in [-0.15, -0.1) is 0 Å². The number of halogens is 1. The number of hydrogen-bond donors (Lipinski definition) is 0. The summed E-state index contributed by atoms with van der Waals surface area (Å²) in [5.41, 5.74) is 0. The Morgan fingerprint density at radius 3 is 2.40 bits per heavy atom. The second kappa shape index (κ2) is 4.82. The summed E-state index contributed by atoms with van der Waals surface area (Å²) in [7, 11) is 0. The van der Waals surface area contributed by atoms with Gasteiger partial charge in [-0.05, 0) is 11.8 Å². The zero-order valence-corrected chi connectivity index (χ0v) is 5.75. The maximum absolute atomic E-state index is 4.52. The van der Waals surface area contributed by atoms with Crippen molar-refractivity contribution >= 4 is 40.2 Å². The van der Waals surface area contributed by atoms with Crippen LogP contribution in [0, 0.1) is 0 Å². The maximum Gasteiger partial charge on any atom is 0.00381 e. The second-order valence-electron chi connectivity index (χ2n) is 0.644. The third-order valence-electron chi connectivity index (χ3n) is 0.227. The predicted molar refractivity (Wildman–Crippen MR) is 37.2 cm³/mol. The fraction of sp³-hybridized carbons (Fsp3) is 0.667. The van der Waals surface area contributed by atoms with Crippen LogP contribution in [0.15, 0.2) is 0 Å². The number of alkyl halides is 1. The summed E-state index contributed by atoms with van der Waals surface area (Å²) in [4.78, 5) is 0. The molecule has 5 heavy (non-hydrogen) atoms. The highest BCUT2D eigenvalue weighted by Gasteiger charge is 1.65.